The number of benzene rings is 1. The molecule has 1 aromatic carbocycles. The second-order valence-electron chi connectivity index (χ2n) is 6.29. The van der Waals surface area contributed by atoms with Gasteiger partial charge in [-0.2, -0.15) is 8.42 Å². The maximum absolute atomic E-state index is 12.4. The van der Waals surface area contributed by atoms with Crippen molar-refractivity contribution in [3.63, 3.8) is 0 Å². The molecule has 0 amide bonds. The van der Waals surface area contributed by atoms with Crippen LogP contribution in [0.15, 0.2) is 35.2 Å². The first kappa shape index (κ1) is 17.8. The Hall–Kier alpha value is -0.520. The quantitative estimate of drug-likeness (QED) is 0.541. The zero-order chi connectivity index (χ0) is 16.0. The molecule has 0 saturated heterocycles. The fraction of sp³-hybridized carbons (Fsp3) is 0.647. The van der Waals surface area contributed by atoms with E-state index >= 15 is 0 Å². The van der Waals surface area contributed by atoms with Crippen LogP contribution in [0.4, 0.5) is 0 Å². The molecule has 0 bridgehead atoms. The van der Waals surface area contributed by atoms with Crippen LogP contribution in [-0.4, -0.2) is 25.5 Å². The maximum atomic E-state index is 12.4. The monoisotopic (exact) mass is 342 g/mol. The summed E-state index contributed by atoms with van der Waals surface area (Å²) < 4.78 is 30.2. The number of hydrogen-bond acceptors (Lipinski definition) is 4. The van der Waals surface area contributed by atoms with Gasteiger partial charge < -0.3 is 0 Å². The van der Waals surface area contributed by atoms with Gasteiger partial charge in [0.2, 0.25) is 0 Å². The average Bonchev–Trinajstić information content (AvgIpc) is 2.48. The minimum absolute atomic E-state index is 0.0102. The van der Waals surface area contributed by atoms with Crippen molar-refractivity contribution in [3.05, 3.63) is 30.3 Å². The highest BCUT2D eigenvalue weighted by Gasteiger charge is 2.27. The molecule has 0 radical (unpaired) electrons. The Balaban J connectivity index is 1.96. The van der Waals surface area contributed by atoms with Crippen molar-refractivity contribution in [2.45, 2.75) is 62.2 Å². The Morgan fingerprint density at radius 3 is 2.36 bits per heavy atom. The van der Waals surface area contributed by atoms with Crippen molar-refractivity contribution in [3.8, 4) is 0 Å². The van der Waals surface area contributed by atoms with Gasteiger partial charge in [-0.15, -0.1) is 11.8 Å². The second-order valence-corrected chi connectivity index (χ2v) is 9.25. The van der Waals surface area contributed by atoms with Crippen LogP contribution in [0, 0.1) is 5.92 Å². The van der Waals surface area contributed by atoms with E-state index in [1.54, 1.807) is 11.8 Å². The highest BCUT2D eigenvalue weighted by molar-refractivity contribution is 8.01. The minimum atomic E-state index is -3.47. The van der Waals surface area contributed by atoms with E-state index in [-0.39, 0.29) is 23.0 Å². The van der Waals surface area contributed by atoms with E-state index in [0.717, 1.165) is 30.6 Å². The first-order valence-corrected chi connectivity index (χ1v) is 10.5. The molecule has 1 aliphatic rings. The fourth-order valence-electron chi connectivity index (χ4n) is 2.65. The molecule has 1 aliphatic carbocycles. The standard InChI is InChI=1S/C17H26O3S2/c1-14(2)17(21-16-11-7-4-8-12-16)13-22(18,19)20-15-9-5-3-6-10-15/h4,7-8,11-12,14-15,17H,3,5-6,9-10,13H2,1-2H3. The molecule has 2 rings (SSSR count). The van der Waals surface area contributed by atoms with Crippen LogP contribution in [0.2, 0.25) is 0 Å². The maximum Gasteiger partial charge on any atom is 0.268 e. The molecule has 22 heavy (non-hydrogen) atoms. The normalized spacial score (nSPS) is 18.5. The fourth-order valence-corrected chi connectivity index (χ4v) is 5.83. The lowest BCUT2D eigenvalue weighted by atomic mass is 9.98. The summed E-state index contributed by atoms with van der Waals surface area (Å²) in [5, 5.41) is 0.0102. The van der Waals surface area contributed by atoms with E-state index in [1.165, 1.54) is 6.42 Å². The van der Waals surface area contributed by atoms with Crippen LogP contribution in [0.5, 0.6) is 0 Å². The molecule has 0 aliphatic heterocycles. The molecule has 0 heterocycles. The molecule has 1 fully saturated rings. The summed E-state index contributed by atoms with van der Waals surface area (Å²) in [6.07, 6.45) is 4.99. The second kappa shape index (κ2) is 8.37. The van der Waals surface area contributed by atoms with Crippen molar-refractivity contribution >= 4 is 21.9 Å². The van der Waals surface area contributed by atoms with E-state index in [2.05, 4.69) is 13.8 Å². The van der Waals surface area contributed by atoms with Crippen molar-refractivity contribution in [1.82, 2.24) is 0 Å². The summed E-state index contributed by atoms with van der Waals surface area (Å²) in [4.78, 5) is 1.11. The molecule has 1 unspecified atom stereocenters. The van der Waals surface area contributed by atoms with Gasteiger partial charge >= 0.3 is 0 Å². The molecule has 0 aromatic heterocycles. The van der Waals surface area contributed by atoms with Crippen LogP contribution in [0.1, 0.15) is 46.0 Å². The minimum Gasteiger partial charge on any atom is -0.267 e. The predicted molar refractivity (Wildman–Crippen MR) is 92.7 cm³/mol. The first-order chi connectivity index (χ1) is 10.5. The highest BCUT2D eigenvalue weighted by atomic mass is 32.2. The third-order valence-corrected chi connectivity index (χ3v) is 7.08. The molecular formula is C17H26O3S2. The van der Waals surface area contributed by atoms with Gasteiger partial charge in [-0.05, 0) is 30.9 Å². The third-order valence-electron chi connectivity index (χ3n) is 3.98. The Kier molecular flexibility index (Phi) is 6.78. The zero-order valence-electron chi connectivity index (χ0n) is 13.4. The van der Waals surface area contributed by atoms with Crippen molar-refractivity contribution in [2.75, 3.05) is 5.75 Å². The Labute approximate surface area is 139 Å². The van der Waals surface area contributed by atoms with Crippen molar-refractivity contribution < 1.29 is 12.6 Å². The number of rotatable bonds is 7. The predicted octanol–water partition coefficient (Wildman–Crippen LogP) is 4.48. The van der Waals surface area contributed by atoms with E-state index in [0.29, 0.717) is 0 Å². The van der Waals surface area contributed by atoms with Crippen LogP contribution >= 0.6 is 11.8 Å². The molecule has 1 saturated carbocycles. The summed E-state index contributed by atoms with van der Waals surface area (Å²) >= 11 is 1.63. The van der Waals surface area contributed by atoms with E-state index in [1.807, 2.05) is 30.3 Å². The Bertz CT molecular complexity index is 534. The highest BCUT2D eigenvalue weighted by Crippen LogP contribution is 2.30. The van der Waals surface area contributed by atoms with Crippen LogP contribution in [0.3, 0.4) is 0 Å². The number of hydrogen-bond donors (Lipinski definition) is 0. The van der Waals surface area contributed by atoms with Gasteiger partial charge in [0, 0.05) is 10.1 Å². The van der Waals surface area contributed by atoms with Crippen LogP contribution in [0.25, 0.3) is 0 Å². The molecular weight excluding hydrogens is 316 g/mol. The molecule has 1 atom stereocenters. The lowest BCUT2D eigenvalue weighted by Crippen LogP contribution is -2.29. The smallest absolute Gasteiger partial charge is 0.267 e. The van der Waals surface area contributed by atoms with Crippen LogP contribution < -0.4 is 0 Å². The lowest BCUT2D eigenvalue weighted by Gasteiger charge is -2.24. The zero-order valence-corrected chi connectivity index (χ0v) is 15.0. The van der Waals surface area contributed by atoms with Gasteiger partial charge in [0.25, 0.3) is 10.1 Å². The summed E-state index contributed by atoms with van der Waals surface area (Å²) in [6.45, 7) is 4.13. The first-order valence-electron chi connectivity index (χ1n) is 8.09. The van der Waals surface area contributed by atoms with Gasteiger partial charge in [-0.3, -0.25) is 4.18 Å². The van der Waals surface area contributed by atoms with Gasteiger partial charge in [0.15, 0.2) is 0 Å². The number of thioether (sulfide) groups is 1. The Morgan fingerprint density at radius 2 is 1.77 bits per heavy atom. The third kappa shape index (κ3) is 5.94. The molecule has 5 heteroatoms. The lowest BCUT2D eigenvalue weighted by molar-refractivity contribution is 0.162. The molecule has 1 aromatic rings. The summed E-state index contributed by atoms with van der Waals surface area (Å²) in [5.74, 6) is 0.357. The average molecular weight is 343 g/mol. The molecule has 3 nitrogen and oxygen atoms in total. The van der Waals surface area contributed by atoms with E-state index < -0.39 is 10.1 Å². The van der Waals surface area contributed by atoms with Gasteiger partial charge in [-0.1, -0.05) is 51.3 Å². The topological polar surface area (TPSA) is 43.4 Å². The van der Waals surface area contributed by atoms with Crippen LogP contribution in [-0.2, 0) is 14.3 Å². The molecule has 124 valence electrons. The van der Waals surface area contributed by atoms with Gasteiger partial charge in [0.05, 0.1) is 11.9 Å². The van der Waals surface area contributed by atoms with E-state index in [9.17, 15) is 8.42 Å². The largest absolute Gasteiger partial charge is 0.268 e. The van der Waals surface area contributed by atoms with Crippen molar-refractivity contribution in [1.29, 1.82) is 0 Å². The van der Waals surface area contributed by atoms with Crippen molar-refractivity contribution in [2.24, 2.45) is 5.92 Å². The summed E-state index contributed by atoms with van der Waals surface area (Å²) in [7, 11) is -3.47. The Morgan fingerprint density at radius 1 is 1.14 bits per heavy atom. The summed E-state index contributed by atoms with van der Waals surface area (Å²) in [6, 6.07) is 9.97. The SMILES string of the molecule is CC(C)C(CS(=O)(=O)OC1CCCCC1)Sc1ccccc1. The van der Waals surface area contributed by atoms with Gasteiger partial charge in [0.1, 0.15) is 0 Å². The summed E-state index contributed by atoms with van der Waals surface area (Å²) in [5.41, 5.74) is 0. The van der Waals surface area contributed by atoms with Gasteiger partial charge in [-0.25, -0.2) is 0 Å². The molecule has 0 spiro atoms. The van der Waals surface area contributed by atoms with E-state index in [4.69, 9.17) is 4.18 Å². The molecule has 0 N–H and O–H groups in total.